The van der Waals surface area contributed by atoms with Gasteiger partial charge in [0.2, 0.25) is 5.88 Å². The van der Waals surface area contributed by atoms with Crippen molar-refractivity contribution >= 4 is 12.0 Å². The number of hydrogen-bond donors (Lipinski definition) is 1. The van der Waals surface area contributed by atoms with Gasteiger partial charge in [0.1, 0.15) is 0 Å². The number of aromatic nitrogens is 1. The third-order valence-corrected chi connectivity index (χ3v) is 2.42. The number of hydrogen-bond acceptors (Lipinski definition) is 4. The van der Waals surface area contributed by atoms with Crippen molar-refractivity contribution in [1.82, 2.24) is 5.16 Å². The van der Waals surface area contributed by atoms with Gasteiger partial charge in [-0.05, 0) is 19.4 Å². The molecular weight excluding hydrogens is 232 g/mol. The fraction of sp³-hybridized carbons (Fsp3) is 0.231. The molecule has 18 heavy (non-hydrogen) atoms. The molecule has 1 aromatic heterocycles. The maximum atomic E-state index is 11.3. The number of benzene rings is 1. The molecule has 5 heteroatoms. The summed E-state index contributed by atoms with van der Waals surface area (Å²) in [5.41, 5.74) is 2.81. The molecule has 0 atom stereocenters. The van der Waals surface area contributed by atoms with Crippen molar-refractivity contribution in [1.29, 1.82) is 0 Å². The number of amides is 1. The predicted molar refractivity (Wildman–Crippen MR) is 67.3 cm³/mol. The van der Waals surface area contributed by atoms with E-state index in [0.29, 0.717) is 6.61 Å². The molecule has 94 valence electrons. The van der Waals surface area contributed by atoms with E-state index in [4.69, 9.17) is 9.26 Å². The first-order valence-electron chi connectivity index (χ1n) is 5.66. The monoisotopic (exact) mass is 246 g/mol. The standard InChI is InChI=1S/C13H14N2O3/c1-3-17-13(16)15-12-11(8-14-18-12)10-6-4-9(2)5-7-10/h4-8H,3H2,1-2H3,(H,15,16). The SMILES string of the molecule is CCOC(=O)Nc1oncc1-c1ccc(C)cc1. The van der Waals surface area contributed by atoms with Crippen molar-refractivity contribution in [2.75, 3.05) is 11.9 Å². The summed E-state index contributed by atoms with van der Waals surface area (Å²) in [5, 5.41) is 6.20. The van der Waals surface area contributed by atoms with Crippen molar-refractivity contribution in [2.45, 2.75) is 13.8 Å². The van der Waals surface area contributed by atoms with Crippen LogP contribution < -0.4 is 5.32 Å². The predicted octanol–water partition coefficient (Wildman–Crippen LogP) is 3.22. The molecule has 5 nitrogen and oxygen atoms in total. The Morgan fingerprint density at radius 3 is 2.78 bits per heavy atom. The van der Waals surface area contributed by atoms with Crippen LogP contribution in [0.25, 0.3) is 11.1 Å². The van der Waals surface area contributed by atoms with Crippen LogP contribution in [0.5, 0.6) is 0 Å². The second-order valence-electron chi connectivity index (χ2n) is 3.78. The van der Waals surface area contributed by atoms with Gasteiger partial charge in [0.25, 0.3) is 0 Å². The lowest BCUT2D eigenvalue weighted by atomic mass is 10.1. The number of nitrogens with one attached hydrogen (secondary N) is 1. The Balaban J connectivity index is 2.22. The highest BCUT2D eigenvalue weighted by atomic mass is 16.6. The van der Waals surface area contributed by atoms with Gasteiger partial charge < -0.3 is 9.26 Å². The molecule has 2 aromatic rings. The maximum absolute atomic E-state index is 11.3. The molecule has 0 aliphatic heterocycles. The first kappa shape index (κ1) is 12.2. The molecule has 0 saturated carbocycles. The van der Waals surface area contributed by atoms with Crippen molar-refractivity contribution in [3.63, 3.8) is 0 Å². The van der Waals surface area contributed by atoms with Crippen LogP contribution in [0, 0.1) is 6.92 Å². The highest BCUT2D eigenvalue weighted by molar-refractivity contribution is 5.88. The van der Waals surface area contributed by atoms with Gasteiger partial charge in [-0.3, -0.25) is 5.32 Å². The molecule has 1 heterocycles. The molecule has 0 aliphatic carbocycles. The summed E-state index contributed by atoms with van der Waals surface area (Å²) in [6, 6.07) is 7.85. The molecule has 1 aromatic carbocycles. The molecular formula is C13H14N2O3. The summed E-state index contributed by atoms with van der Waals surface area (Å²) >= 11 is 0. The second kappa shape index (κ2) is 5.35. The maximum Gasteiger partial charge on any atom is 0.414 e. The zero-order chi connectivity index (χ0) is 13.0. The minimum Gasteiger partial charge on any atom is -0.450 e. The van der Waals surface area contributed by atoms with E-state index in [9.17, 15) is 4.79 Å². The van der Waals surface area contributed by atoms with Gasteiger partial charge in [-0.15, -0.1) is 0 Å². The van der Waals surface area contributed by atoms with E-state index in [1.54, 1.807) is 13.1 Å². The Morgan fingerprint density at radius 2 is 2.11 bits per heavy atom. The minimum atomic E-state index is -0.553. The van der Waals surface area contributed by atoms with E-state index in [-0.39, 0.29) is 5.88 Å². The van der Waals surface area contributed by atoms with Crippen LogP contribution in [0.4, 0.5) is 10.7 Å². The van der Waals surface area contributed by atoms with E-state index in [1.165, 1.54) is 0 Å². The molecule has 0 fully saturated rings. The molecule has 2 rings (SSSR count). The van der Waals surface area contributed by atoms with Crippen LogP contribution in [0.3, 0.4) is 0 Å². The van der Waals surface area contributed by atoms with Crippen molar-refractivity contribution in [3.8, 4) is 11.1 Å². The Hall–Kier alpha value is -2.30. The quantitative estimate of drug-likeness (QED) is 0.903. The first-order chi connectivity index (χ1) is 8.70. The number of ether oxygens (including phenoxy) is 1. The second-order valence-corrected chi connectivity index (χ2v) is 3.78. The number of rotatable bonds is 3. The molecule has 0 aliphatic rings. The van der Waals surface area contributed by atoms with E-state index >= 15 is 0 Å². The average Bonchev–Trinajstić information content (AvgIpc) is 2.78. The zero-order valence-corrected chi connectivity index (χ0v) is 10.3. The van der Waals surface area contributed by atoms with Crippen LogP contribution in [0.15, 0.2) is 35.0 Å². The topological polar surface area (TPSA) is 64.4 Å². The summed E-state index contributed by atoms with van der Waals surface area (Å²) in [4.78, 5) is 11.3. The lowest BCUT2D eigenvalue weighted by molar-refractivity contribution is 0.167. The Bertz CT molecular complexity index is 531. The van der Waals surface area contributed by atoms with E-state index in [1.807, 2.05) is 31.2 Å². The van der Waals surface area contributed by atoms with Crippen LogP contribution in [0.1, 0.15) is 12.5 Å². The summed E-state index contributed by atoms with van der Waals surface area (Å²) in [6.07, 6.45) is 1.01. The molecule has 0 spiro atoms. The van der Waals surface area contributed by atoms with Gasteiger partial charge in [-0.1, -0.05) is 35.0 Å². The summed E-state index contributed by atoms with van der Waals surface area (Å²) < 4.78 is 9.79. The molecule has 0 bridgehead atoms. The number of carbonyl (C=O) groups is 1. The highest BCUT2D eigenvalue weighted by Gasteiger charge is 2.13. The summed E-state index contributed by atoms with van der Waals surface area (Å²) in [7, 11) is 0. The lowest BCUT2D eigenvalue weighted by Gasteiger charge is -2.04. The Morgan fingerprint density at radius 1 is 1.39 bits per heavy atom. The van der Waals surface area contributed by atoms with Gasteiger partial charge in [-0.25, -0.2) is 4.79 Å². The lowest BCUT2D eigenvalue weighted by Crippen LogP contribution is -2.13. The number of aryl methyl sites for hydroxylation is 1. The fourth-order valence-electron chi connectivity index (χ4n) is 1.53. The largest absolute Gasteiger partial charge is 0.450 e. The fourth-order valence-corrected chi connectivity index (χ4v) is 1.53. The molecule has 1 N–H and O–H groups in total. The number of anilines is 1. The van der Waals surface area contributed by atoms with E-state index in [2.05, 4.69) is 10.5 Å². The van der Waals surface area contributed by atoms with Crippen LogP contribution in [-0.4, -0.2) is 17.9 Å². The molecule has 0 radical (unpaired) electrons. The van der Waals surface area contributed by atoms with E-state index < -0.39 is 6.09 Å². The first-order valence-corrected chi connectivity index (χ1v) is 5.66. The normalized spacial score (nSPS) is 10.1. The van der Waals surface area contributed by atoms with Crippen LogP contribution in [0.2, 0.25) is 0 Å². The summed E-state index contributed by atoms with van der Waals surface area (Å²) in [6.45, 7) is 4.05. The molecule has 0 saturated heterocycles. The molecule has 0 unspecified atom stereocenters. The van der Waals surface area contributed by atoms with Gasteiger partial charge >= 0.3 is 6.09 Å². The molecule has 1 amide bonds. The van der Waals surface area contributed by atoms with Gasteiger partial charge in [0, 0.05) is 0 Å². The van der Waals surface area contributed by atoms with Crippen LogP contribution >= 0.6 is 0 Å². The third-order valence-electron chi connectivity index (χ3n) is 2.42. The average molecular weight is 246 g/mol. The van der Waals surface area contributed by atoms with E-state index in [0.717, 1.165) is 16.7 Å². The van der Waals surface area contributed by atoms with Crippen molar-refractivity contribution < 1.29 is 14.1 Å². The van der Waals surface area contributed by atoms with Crippen molar-refractivity contribution in [2.24, 2.45) is 0 Å². The van der Waals surface area contributed by atoms with Crippen LogP contribution in [-0.2, 0) is 4.74 Å². The summed E-state index contributed by atoms with van der Waals surface area (Å²) in [5.74, 6) is 0.289. The van der Waals surface area contributed by atoms with Crippen molar-refractivity contribution in [3.05, 3.63) is 36.0 Å². The number of carbonyl (C=O) groups excluding carboxylic acids is 1. The van der Waals surface area contributed by atoms with Gasteiger partial charge in [-0.2, -0.15) is 0 Å². The smallest absolute Gasteiger partial charge is 0.414 e. The third kappa shape index (κ3) is 2.68. The van der Waals surface area contributed by atoms with Gasteiger partial charge in [0.15, 0.2) is 0 Å². The Labute approximate surface area is 105 Å². The number of nitrogens with zero attached hydrogens (tertiary/aromatic N) is 1. The van der Waals surface area contributed by atoms with Gasteiger partial charge in [0.05, 0.1) is 18.4 Å². The minimum absolute atomic E-state index is 0.289. The zero-order valence-electron chi connectivity index (χ0n) is 10.3. The highest BCUT2D eigenvalue weighted by Crippen LogP contribution is 2.27. The Kier molecular flexibility index (Phi) is 3.62.